The van der Waals surface area contributed by atoms with Crippen LogP contribution in [0.5, 0.6) is 0 Å². The van der Waals surface area contributed by atoms with Crippen molar-refractivity contribution in [1.82, 2.24) is 0 Å². The van der Waals surface area contributed by atoms with Crippen molar-refractivity contribution in [1.29, 1.82) is 0 Å². The summed E-state index contributed by atoms with van der Waals surface area (Å²) in [6.45, 7) is 4.78. The lowest BCUT2D eigenvalue weighted by molar-refractivity contribution is 1.05. The molecule has 0 aromatic carbocycles. The minimum Gasteiger partial charge on any atom is -0.326 e. The first-order chi connectivity index (χ1) is 5.20. The molecule has 1 rings (SSSR count). The lowest BCUT2D eigenvalue weighted by Gasteiger charge is -1.95. The lowest BCUT2D eigenvalue weighted by Crippen LogP contribution is -1.97. The highest BCUT2D eigenvalue weighted by molar-refractivity contribution is 7.16. The van der Waals surface area contributed by atoms with E-state index in [4.69, 9.17) is 17.3 Å². The van der Waals surface area contributed by atoms with Crippen LogP contribution in [0.1, 0.15) is 22.9 Å². The maximum absolute atomic E-state index is 5.97. The Kier molecular flexibility index (Phi) is 2.93. The minimum absolute atomic E-state index is 0.557. The molecular formula is C8H12ClNS. The molecule has 0 amide bonds. The van der Waals surface area contributed by atoms with Gasteiger partial charge in [0.25, 0.3) is 0 Å². The van der Waals surface area contributed by atoms with Gasteiger partial charge in [-0.2, -0.15) is 0 Å². The molecule has 3 heteroatoms. The van der Waals surface area contributed by atoms with E-state index >= 15 is 0 Å². The van der Waals surface area contributed by atoms with E-state index in [1.54, 1.807) is 11.3 Å². The average Bonchev–Trinajstić information content (AvgIpc) is 2.26. The minimum atomic E-state index is 0.557. The van der Waals surface area contributed by atoms with Crippen molar-refractivity contribution in [3.63, 3.8) is 0 Å². The van der Waals surface area contributed by atoms with Gasteiger partial charge in [-0.25, -0.2) is 0 Å². The number of hydrogen-bond acceptors (Lipinski definition) is 2. The quantitative estimate of drug-likeness (QED) is 0.761. The third kappa shape index (κ3) is 1.58. The summed E-state index contributed by atoms with van der Waals surface area (Å²) in [5, 5.41) is 0. The normalized spacial score (nSPS) is 10.5. The van der Waals surface area contributed by atoms with Gasteiger partial charge >= 0.3 is 0 Å². The molecule has 62 valence electrons. The van der Waals surface area contributed by atoms with Gasteiger partial charge in [-0.1, -0.05) is 18.5 Å². The van der Waals surface area contributed by atoms with E-state index < -0.39 is 0 Å². The molecule has 0 bridgehead atoms. The summed E-state index contributed by atoms with van der Waals surface area (Å²) in [6, 6.07) is 0. The molecule has 0 fully saturated rings. The summed E-state index contributed by atoms with van der Waals surface area (Å²) in [5.74, 6) is 0. The Morgan fingerprint density at radius 1 is 1.55 bits per heavy atom. The molecule has 1 nitrogen and oxygen atoms in total. The molecule has 0 aliphatic rings. The molecule has 0 aliphatic carbocycles. The fourth-order valence-corrected chi connectivity index (χ4v) is 2.63. The maximum atomic E-state index is 5.97. The highest BCUT2D eigenvalue weighted by Crippen LogP contribution is 2.32. The van der Waals surface area contributed by atoms with E-state index in [2.05, 4.69) is 13.8 Å². The fraction of sp³-hybridized carbons (Fsp3) is 0.500. The van der Waals surface area contributed by atoms with Gasteiger partial charge in [0.15, 0.2) is 0 Å². The summed E-state index contributed by atoms with van der Waals surface area (Å²) in [5.41, 5.74) is 7.94. The zero-order valence-electron chi connectivity index (χ0n) is 6.78. The number of halogens is 1. The van der Waals surface area contributed by atoms with E-state index in [0.717, 1.165) is 16.3 Å². The van der Waals surface area contributed by atoms with Crippen molar-refractivity contribution in [2.75, 3.05) is 0 Å². The second-order valence-electron chi connectivity index (χ2n) is 2.46. The molecule has 0 atom stereocenters. The molecular weight excluding hydrogens is 178 g/mol. The maximum Gasteiger partial charge on any atom is 0.0978 e. The highest BCUT2D eigenvalue weighted by Gasteiger charge is 2.09. The number of hydrogen-bond donors (Lipinski definition) is 1. The molecule has 0 saturated carbocycles. The summed E-state index contributed by atoms with van der Waals surface area (Å²) in [6.07, 6.45) is 1.05. The molecule has 1 aromatic rings. The van der Waals surface area contributed by atoms with Gasteiger partial charge in [0, 0.05) is 11.4 Å². The summed E-state index contributed by atoms with van der Waals surface area (Å²) in [7, 11) is 0. The molecule has 1 heterocycles. The van der Waals surface area contributed by atoms with Gasteiger partial charge in [-0.3, -0.25) is 0 Å². The summed E-state index contributed by atoms with van der Waals surface area (Å²) in [4.78, 5) is 1.36. The van der Waals surface area contributed by atoms with Crippen LogP contribution in [0.15, 0.2) is 0 Å². The van der Waals surface area contributed by atoms with Crippen LogP contribution >= 0.6 is 22.9 Å². The van der Waals surface area contributed by atoms with Crippen LogP contribution in [0.2, 0.25) is 4.34 Å². The van der Waals surface area contributed by atoms with E-state index in [1.165, 1.54) is 10.4 Å². The van der Waals surface area contributed by atoms with Crippen molar-refractivity contribution in [3.05, 3.63) is 20.3 Å². The van der Waals surface area contributed by atoms with Crippen LogP contribution in [0, 0.1) is 6.92 Å². The highest BCUT2D eigenvalue weighted by atomic mass is 35.5. The Morgan fingerprint density at radius 3 is 2.45 bits per heavy atom. The number of aryl methyl sites for hydroxylation is 1. The van der Waals surface area contributed by atoms with E-state index in [0.29, 0.717) is 6.54 Å². The largest absolute Gasteiger partial charge is 0.326 e. The zero-order chi connectivity index (χ0) is 8.43. The summed E-state index contributed by atoms with van der Waals surface area (Å²) < 4.78 is 0.863. The van der Waals surface area contributed by atoms with Crippen LogP contribution in [0.4, 0.5) is 0 Å². The topological polar surface area (TPSA) is 26.0 Å². The first-order valence-corrected chi connectivity index (χ1v) is 4.86. The van der Waals surface area contributed by atoms with E-state index in [9.17, 15) is 0 Å². The van der Waals surface area contributed by atoms with Crippen molar-refractivity contribution in [3.8, 4) is 0 Å². The zero-order valence-corrected chi connectivity index (χ0v) is 8.35. The lowest BCUT2D eigenvalue weighted by atomic mass is 10.1. The van der Waals surface area contributed by atoms with Crippen LogP contribution in [0.25, 0.3) is 0 Å². The van der Waals surface area contributed by atoms with Crippen LogP contribution in [0.3, 0.4) is 0 Å². The molecule has 1 aromatic heterocycles. The predicted octanol–water partition coefficient (Wildman–Crippen LogP) is 2.73. The van der Waals surface area contributed by atoms with Gasteiger partial charge in [0.2, 0.25) is 0 Å². The third-order valence-corrected chi connectivity index (χ3v) is 3.57. The van der Waals surface area contributed by atoms with Gasteiger partial charge in [0.05, 0.1) is 4.34 Å². The molecule has 2 N–H and O–H groups in total. The molecule has 11 heavy (non-hydrogen) atoms. The van der Waals surface area contributed by atoms with Crippen LogP contribution in [-0.2, 0) is 13.0 Å². The van der Waals surface area contributed by atoms with Crippen LogP contribution in [-0.4, -0.2) is 0 Å². The van der Waals surface area contributed by atoms with Gasteiger partial charge in [-0.05, 0) is 24.5 Å². The Hall–Kier alpha value is -0.0500. The molecule has 0 aliphatic heterocycles. The number of rotatable bonds is 2. The first kappa shape index (κ1) is 9.04. The predicted molar refractivity (Wildman–Crippen MR) is 51.3 cm³/mol. The Bertz CT molecular complexity index is 255. The third-order valence-electron chi connectivity index (χ3n) is 1.85. The van der Waals surface area contributed by atoms with Crippen molar-refractivity contribution < 1.29 is 0 Å². The fourth-order valence-electron chi connectivity index (χ4n) is 1.13. The number of thiophene rings is 1. The monoisotopic (exact) mass is 189 g/mol. The molecule has 0 saturated heterocycles. The standard InChI is InChI=1S/C8H12ClNS/c1-3-7-5(2)6(4-10)8(9)11-7/h3-4,10H2,1-2H3. The Balaban J connectivity index is 3.14. The van der Waals surface area contributed by atoms with Crippen LogP contribution < -0.4 is 5.73 Å². The van der Waals surface area contributed by atoms with Gasteiger partial charge < -0.3 is 5.73 Å². The second-order valence-corrected chi connectivity index (χ2v) is 4.17. The van der Waals surface area contributed by atoms with Crippen molar-refractivity contribution >= 4 is 22.9 Å². The Morgan fingerprint density at radius 2 is 2.18 bits per heavy atom. The van der Waals surface area contributed by atoms with Gasteiger partial charge in [0.1, 0.15) is 0 Å². The molecule has 0 radical (unpaired) electrons. The SMILES string of the molecule is CCc1sc(Cl)c(CN)c1C. The first-order valence-electron chi connectivity index (χ1n) is 3.67. The van der Waals surface area contributed by atoms with E-state index in [-0.39, 0.29) is 0 Å². The van der Waals surface area contributed by atoms with Crippen molar-refractivity contribution in [2.45, 2.75) is 26.8 Å². The van der Waals surface area contributed by atoms with Gasteiger partial charge in [-0.15, -0.1) is 11.3 Å². The van der Waals surface area contributed by atoms with Crippen molar-refractivity contribution in [2.24, 2.45) is 5.73 Å². The summed E-state index contributed by atoms with van der Waals surface area (Å²) >= 11 is 7.62. The Labute approximate surface area is 76.2 Å². The molecule has 0 unspecified atom stereocenters. The molecule has 0 spiro atoms. The number of nitrogens with two attached hydrogens (primary N) is 1. The van der Waals surface area contributed by atoms with E-state index in [1.807, 2.05) is 0 Å². The smallest absolute Gasteiger partial charge is 0.0978 e. The second kappa shape index (κ2) is 3.57. The average molecular weight is 190 g/mol.